The first kappa shape index (κ1) is 15.1. The second-order valence-electron chi connectivity index (χ2n) is 5.39. The quantitative estimate of drug-likeness (QED) is 0.834. The summed E-state index contributed by atoms with van der Waals surface area (Å²) < 4.78 is 6.18. The fourth-order valence-electron chi connectivity index (χ4n) is 2.15. The molecule has 0 saturated carbocycles. The molecule has 1 aromatic carbocycles. The molecule has 108 valence electrons. The number of benzene rings is 1. The van der Waals surface area contributed by atoms with Gasteiger partial charge in [-0.25, -0.2) is 0 Å². The normalized spacial score (nSPS) is 14.2. The van der Waals surface area contributed by atoms with Crippen molar-refractivity contribution >= 4 is 11.3 Å². The molecule has 20 heavy (non-hydrogen) atoms. The van der Waals surface area contributed by atoms with Crippen LogP contribution in [0.3, 0.4) is 0 Å². The Hall–Kier alpha value is -1.32. The van der Waals surface area contributed by atoms with Crippen LogP contribution in [0.1, 0.15) is 50.3 Å². The summed E-state index contributed by atoms with van der Waals surface area (Å²) in [6.07, 6.45) is 0.818. The fraction of sp³-hybridized carbons (Fsp3) is 0.412. The molecular weight excluding hydrogens is 266 g/mol. The summed E-state index contributed by atoms with van der Waals surface area (Å²) in [6.45, 7) is 6.47. The van der Waals surface area contributed by atoms with E-state index in [9.17, 15) is 0 Å². The molecule has 0 spiro atoms. The van der Waals surface area contributed by atoms with E-state index in [0.29, 0.717) is 5.92 Å². The molecule has 0 aliphatic rings. The van der Waals surface area contributed by atoms with Crippen molar-refractivity contribution in [3.8, 4) is 5.75 Å². The monoisotopic (exact) mass is 289 g/mol. The van der Waals surface area contributed by atoms with Crippen molar-refractivity contribution in [2.24, 2.45) is 5.73 Å². The van der Waals surface area contributed by atoms with Crippen LogP contribution >= 0.6 is 11.3 Å². The summed E-state index contributed by atoms with van der Waals surface area (Å²) in [7, 11) is 0. The molecular formula is C17H23NOS. The average molecular weight is 289 g/mol. The molecule has 0 radical (unpaired) electrons. The van der Waals surface area contributed by atoms with Crippen molar-refractivity contribution < 1.29 is 4.74 Å². The van der Waals surface area contributed by atoms with E-state index in [0.717, 1.165) is 12.2 Å². The summed E-state index contributed by atoms with van der Waals surface area (Å²) in [6, 6.07) is 10.4. The molecule has 3 heteroatoms. The Morgan fingerprint density at radius 1 is 1.20 bits per heavy atom. The molecule has 0 bridgehead atoms. The summed E-state index contributed by atoms with van der Waals surface area (Å²) in [4.78, 5) is 0. The first-order valence-corrected chi connectivity index (χ1v) is 8.10. The summed E-state index contributed by atoms with van der Waals surface area (Å²) in [5.41, 5.74) is 8.69. The van der Waals surface area contributed by atoms with Gasteiger partial charge in [-0.05, 0) is 46.9 Å². The molecule has 2 aromatic rings. The Kier molecular flexibility index (Phi) is 5.21. The summed E-state index contributed by atoms with van der Waals surface area (Å²) in [5.74, 6) is 1.40. The van der Waals surface area contributed by atoms with E-state index in [2.05, 4.69) is 49.7 Å². The highest BCUT2D eigenvalue weighted by molar-refractivity contribution is 7.07. The Labute approximate surface area is 125 Å². The van der Waals surface area contributed by atoms with Gasteiger partial charge < -0.3 is 10.5 Å². The molecule has 2 rings (SSSR count). The van der Waals surface area contributed by atoms with E-state index in [-0.39, 0.29) is 12.1 Å². The van der Waals surface area contributed by atoms with E-state index in [1.165, 1.54) is 11.1 Å². The molecule has 2 unspecified atom stereocenters. The molecule has 2 nitrogen and oxygen atoms in total. The van der Waals surface area contributed by atoms with Crippen molar-refractivity contribution in [2.45, 2.75) is 45.3 Å². The summed E-state index contributed by atoms with van der Waals surface area (Å²) >= 11 is 1.68. The zero-order chi connectivity index (χ0) is 14.5. The lowest BCUT2D eigenvalue weighted by Gasteiger charge is -2.24. The van der Waals surface area contributed by atoms with Crippen LogP contribution < -0.4 is 10.5 Å². The lowest BCUT2D eigenvalue weighted by molar-refractivity contribution is 0.171. The van der Waals surface area contributed by atoms with Gasteiger partial charge in [-0.15, -0.1) is 0 Å². The molecule has 0 saturated heterocycles. The highest BCUT2D eigenvalue weighted by Gasteiger charge is 2.21. The number of hydrogen-bond donors (Lipinski definition) is 1. The molecule has 0 amide bonds. The van der Waals surface area contributed by atoms with Gasteiger partial charge in [0.25, 0.3) is 0 Å². The standard InChI is InChI=1S/C17H23NOS/c1-4-16(18)17(14-8-9-20-11-14)19-15-7-5-6-13(10-15)12(2)3/h5-12,16-17H,4,18H2,1-3H3. The van der Waals surface area contributed by atoms with E-state index in [4.69, 9.17) is 10.5 Å². The maximum atomic E-state index is 6.23. The van der Waals surface area contributed by atoms with E-state index >= 15 is 0 Å². The van der Waals surface area contributed by atoms with Gasteiger partial charge in [0.2, 0.25) is 0 Å². The number of hydrogen-bond acceptors (Lipinski definition) is 3. The van der Waals surface area contributed by atoms with Crippen molar-refractivity contribution in [3.05, 3.63) is 52.2 Å². The molecule has 2 N–H and O–H groups in total. The largest absolute Gasteiger partial charge is 0.484 e. The topological polar surface area (TPSA) is 35.2 Å². The molecule has 0 fully saturated rings. The maximum Gasteiger partial charge on any atom is 0.140 e. The minimum Gasteiger partial charge on any atom is -0.484 e. The maximum absolute atomic E-state index is 6.23. The summed E-state index contributed by atoms with van der Waals surface area (Å²) in [5, 5.41) is 4.19. The third kappa shape index (κ3) is 3.62. The Morgan fingerprint density at radius 2 is 2.00 bits per heavy atom. The Bertz CT molecular complexity index is 522. The van der Waals surface area contributed by atoms with Gasteiger partial charge in [0, 0.05) is 11.6 Å². The lowest BCUT2D eigenvalue weighted by atomic mass is 10.0. The molecule has 1 heterocycles. The first-order valence-electron chi connectivity index (χ1n) is 7.16. The van der Waals surface area contributed by atoms with Crippen LogP contribution in [0.4, 0.5) is 0 Å². The molecule has 0 aliphatic heterocycles. The molecule has 2 atom stereocenters. The Morgan fingerprint density at radius 3 is 2.60 bits per heavy atom. The van der Waals surface area contributed by atoms with Crippen molar-refractivity contribution in [1.82, 2.24) is 0 Å². The number of thiophene rings is 1. The third-order valence-corrected chi connectivity index (χ3v) is 4.22. The van der Waals surface area contributed by atoms with E-state index in [1.807, 2.05) is 12.1 Å². The highest BCUT2D eigenvalue weighted by atomic mass is 32.1. The predicted octanol–water partition coefficient (Wildman–Crippen LogP) is 4.73. The first-order chi connectivity index (χ1) is 9.61. The highest BCUT2D eigenvalue weighted by Crippen LogP contribution is 2.28. The van der Waals surface area contributed by atoms with Crippen LogP contribution in [-0.2, 0) is 0 Å². The van der Waals surface area contributed by atoms with Crippen LogP contribution in [0, 0.1) is 0 Å². The Balaban J connectivity index is 2.22. The number of ether oxygens (including phenoxy) is 1. The molecule has 0 aliphatic carbocycles. The van der Waals surface area contributed by atoms with Gasteiger partial charge in [0.1, 0.15) is 11.9 Å². The van der Waals surface area contributed by atoms with Gasteiger partial charge in [-0.2, -0.15) is 11.3 Å². The van der Waals surface area contributed by atoms with Crippen molar-refractivity contribution in [1.29, 1.82) is 0 Å². The minimum atomic E-state index is -0.0753. The van der Waals surface area contributed by atoms with E-state index < -0.39 is 0 Å². The second-order valence-corrected chi connectivity index (χ2v) is 6.17. The van der Waals surface area contributed by atoms with E-state index in [1.54, 1.807) is 11.3 Å². The SMILES string of the molecule is CCC(N)C(Oc1cccc(C(C)C)c1)c1ccsc1. The smallest absolute Gasteiger partial charge is 0.140 e. The van der Waals surface area contributed by atoms with Gasteiger partial charge in [-0.3, -0.25) is 0 Å². The average Bonchev–Trinajstić information content (AvgIpc) is 2.98. The lowest BCUT2D eigenvalue weighted by Crippen LogP contribution is -2.31. The van der Waals surface area contributed by atoms with Crippen LogP contribution in [0.25, 0.3) is 0 Å². The van der Waals surface area contributed by atoms with Gasteiger partial charge >= 0.3 is 0 Å². The number of rotatable bonds is 6. The van der Waals surface area contributed by atoms with Gasteiger partial charge in [-0.1, -0.05) is 32.9 Å². The zero-order valence-electron chi connectivity index (χ0n) is 12.4. The van der Waals surface area contributed by atoms with Crippen LogP contribution in [-0.4, -0.2) is 6.04 Å². The fourth-order valence-corrected chi connectivity index (χ4v) is 2.83. The third-order valence-electron chi connectivity index (χ3n) is 3.52. The zero-order valence-corrected chi connectivity index (χ0v) is 13.2. The van der Waals surface area contributed by atoms with Gasteiger partial charge in [0.05, 0.1) is 0 Å². The minimum absolute atomic E-state index is 0.00676. The van der Waals surface area contributed by atoms with Crippen molar-refractivity contribution in [3.63, 3.8) is 0 Å². The van der Waals surface area contributed by atoms with Gasteiger partial charge in [0.15, 0.2) is 0 Å². The number of nitrogens with two attached hydrogens (primary N) is 1. The molecule has 1 aromatic heterocycles. The second kappa shape index (κ2) is 6.91. The van der Waals surface area contributed by atoms with Crippen LogP contribution in [0.5, 0.6) is 5.75 Å². The predicted molar refractivity (Wildman–Crippen MR) is 86.5 cm³/mol. The van der Waals surface area contributed by atoms with Crippen molar-refractivity contribution in [2.75, 3.05) is 0 Å². The van der Waals surface area contributed by atoms with Crippen LogP contribution in [0.15, 0.2) is 41.1 Å². The van der Waals surface area contributed by atoms with Crippen LogP contribution in [0.2, 0.25) is 0 Å².